The molecule has 12 nitrogen and oxygen atoms in total. The standard InChI is InChI=1S/6C8H19O2P.2Nd/c6*1-3-5-7-11(9,10)8-6-4-2;;/h6*3-8H2,1-2H3,(H,9,10);;/q;;;;;;2*+3/p-6. The van der Waals surface area contributed by atoms with Crippen LogP contribution in [0.5, 0.6) is 0 Å². The van der Waals surface area contributed by atoms with Crippen molar-refractivity contribution in [2.75, 3.05) is 73.9 Å². The largest absolute Gasteiger partial charge is 3.00 e. The van der Waals surface area contributed by atoms with Gasteiger partial charge in [-0.1, -0.05) is 160 Å². The third-order valence-electron chi connectivity index (χ3n) is 10.2. The molecule has 0 aromatic rings. The van der Waals surface area contributed by atoms with Crippen LogP contribution in [0.2, 0.25) is 0 Å². The summed E-state index contributed by atoms with van der Waals surface area (Å²) < 4.78 is 67.1. The Kier molecular flexibility index (Phi) is 78.2. The van der Waals surface area contributed by atoms with E-state index in [9.17, 15) is 56.8 Å². The zero-order valence-electron chi connectivity index (χ0n) is 46.0. The van der Waals surface area contributed by atoms with Crippen molar-refractivity contribution in [1.29, 1.82) is 0 Å². The van der Waals surface area contributed by atoms with Crippen molar-refractivity contribution in [1.82, 2.24) is 0 Å². The fraction of sp³-hybridized carbons (Fsp3) is 1.00. The maximum Gasteiger partial charge on any atom is 3.00 e. The first-order valence-corrected chi connectivity index (χ1v) is 38.4. The Hall–Kier alpha value is 3.84. The number of unbranched alkanes of at least 4 members (excludes halogenated alkanes) is 12. The van der Waals surface area contributed by atoms with Crippen molar-refractivity contribution >= 4 is 44.2 Å². The Morgan fingerprint density at radius 1 is 0.191 bits per heavy atom. The van der Waals surface area contributed by atoms with E-state index >= 15 is 0 Å². The summed E-state index contributed by atoms with van der Waals surface area (Å²) in [4.78, 5) is 67.1. The molecule has 0 rings (SSSR count). The molecular formula is C48H108Nd2O12P6. The van der Waals surface area contributed by atoms with Gasteiger partial charge in [-0.2, -0.15) is 0 Å². The van der Waals surface area contributed by atoms with Gasteiger partial charge in [0.1, 0.15) is 0 Å². The van der Waals surface area contributed by atoms with Crippen molar-refractivity contribution in [2.24, 2.45) is 0 Å². The van der Waals surface area contributed by atoms with Crippen LogP contribution < -0.4 is 29.4 Å². The Balaban J connectivity index is -0.000000105. The second-order valence-corrected chi connectivity index (χ2v) is 33.0. The molecule has 0 aromatic carbocycles. The number of hydrogen-bond donors (Lipinski definition) is 0. The van der Waals surface area contributed by atoms with Crippen molar-refractivity contribution in [2.45, 2.75) is 237 Å². The zero-order chi connectivity index (χ0) is 52.5. The quantitative estimate of drug-likeness (QED) is 0.0532. The maximum atomic E-state index is 11.2. The summed E-state index contributed by atoms with van der Waals surface area (Å²) in [7, 11) is -17.9. The summed E-state index contributed by atoms with van der Waals surface area (Å²) in [6.07, 6.45) is 26.4. The van der Waals surface area contributed by atoms with E-state index in [1.165, 1.54) is 0 Å². The Labute approximate surface area is 488 Å². The van der Waals surface area contributed by atoms with Gasteiger partial charge in [0, 0.05) is 44.2 Å². The molecule has 0 aromatic heterocycles. The van der Waals surface area contributed by atoms with Crippen LogP contribution in [0.25, 0.3) is 0 Å². The third kappa shape index (κ3) is 81.2. The van der Waals surface area contributed by atoms with Crippen LogP contribution in [-0.2, 0) is 27.4 Å². The second-order valence-electron chi connectivity index (χ2n) is 17.8. The van der Waals surface area contributed by atoms with Gasteiger partial charge in [-0.25, -0.2) is 0 Å². The Morgan fingerprint density at radius 2 is 0.250 bits per heavy atom. The van der Waals surface area contributed by atoms with E-state index in [1.807, 2.05) is 83.1 Å². The van der Waals surface area contributed by atoms with E-state index in [0.29, 0.717) is 73.9 Å². The minimum Gasteiger partial charge on any atom is -0.799 e. The topological polar surface area (TPSA) is 241 Å². The van der Waals surface area contributed by atoms with Gasteiger partial charge in [0.2, 0.25) is 0 Å². The molecule has 0 heterocycles. The van der Waals surface area contributed by atoms with Gasteiger partial charge >= 0.3 is 81.7 Å². The molecule has 0 bridgehead atoms. The molecule has 0 aliphatic rings. The van der Waals surface area contributed by atoms with Crippen molar-refractivity contribution in [3.8, 4) is 0 Å². The van der Waals surface area contributed by atoms with E-state index < -0.39 is 44.2 Å². The van der Waals surface area contributed by atoms with E-state index in [1.54, 1.807) is 0 Å². The maximum absolute atomic E-state index is 11.2. The molecule has 410 valence electrons. The first kappa shape index (κ1) is 88.5. The minimum absolute atomic E-state index is 0. The van der Waals surface area contributed by atoms with E-state index in [-0.39, 0.29) is 81.7 Å². The van der Waals surface area contributed by atoms with Gasteiger partial charge in [-0.3, -0.25) is 0 Å². The van der Waals surface area contributed by atoms with Crippen LogP contribution in [0.15, 0.2) is 0 Å². The van der Waals surface area contributed by atoms with Gasteiger partial charge < -0.3 is 56.8 Å². The van der Waals surface area contributed by atoms with Gasteiger partial charge in [0.15, 0.2) is 0 Å². The molecule has 2 radical (unpaired) electrons. The number of rotatable bonds is 36. The van der Waals surface area contributed by atoms with Gasteiger partial charge in [-0.05, 0) is 151 Å². The number of hydrogen-bond acceptors (Lipinski definition) is 12. The van der Waals surface area contributed by atoms with Crippen molar-refractivity contribution in [3.05, 3.63) is 0 Å². The van der Waals surface area contributed by atoms with Crippen LogP contribution in [0.3, 0.4) is 0 Å². The molecule has 0 N–H and O–H groups in total. The fourth-order valence-corrected chi connectivity index (χ4v) is 16.4. The van der Waals surface area contributed by atoms with Crippen LogP contribution in [0, 0.1) is 81.7 Å². The molecule has 0 aliphatic carbocycles. The molecule has 0 saturated carbocycles. The summed E-state index contributed by atoms with van der Waals surface area (Å²) in [6.45, 7) is 24.2. The van der Waals surface area contributed by atoms with Crippen LogP contribution in [0.4, 0.5) is 0 Å². The van der Waals surface area contributed by atoms with Crippen LogP contribution >= 0.6 is 44.2 Å². The molecule has 0 fully saturated rings. The van der Waals surface area contributed by atoms with Gasteiger partial charge in [0.25, 0.3) is 0 Å². The SMILES string of the molecule is CCCCP(=O)([O-])CCCC.CCCCP(=O)([O-])CCCC.CCCCP(=O)([O-])CCCC.CCCCP(=O)([O-])CCCC.CCCCP(=O)([O-])CCCC.CCCCP(=O)([O-])CCCC.[Nd+3].[Nd+3]. The first-order valence-electron chi connectivity index (χ1n) is 26.5. The molecule has 68 heavy (non-hydrogen) atoms. The van der Waals surface area contributed by atoms with Crippen LogP contribution in [0.1, 0.15) is 237 Å². The Bertz CT molecular complexity index is 993. The summed E-state index contributed by atoms with van der Waals surface area (Å²) >= 11 is 0. The average molecular weight is 1350 g/mol. The molecular weight excluding hydrogens is 1240 g/mol. The first-order chi connectivity index (χ1) is 30.7. The minimum atomic E-state index is -2.98. The Morgan fingerprint density at radius 3 is 0.294 bits per heavy atom. The fourth-order valence-electron chi connectivity index (χ4n) is 5.46. The van der Waals surface area contributed by atoms with Gasteiger partial charge in [0.05, 0.1) is 0 Å². The summed E-state index contributed by atoms with van der Waals surface area (Å²) in [5.74, 6) is 0. The summed E-state index contributed by atoms with van der Waals surface area (Å²) in [5.41, 5.74) is 0. The molecule has 0 amide bonds. The molecule has 0 atom stereocenters. The predicted molar refractivity (Wildman–Crippen MR) is 283 cm³/mol. The second kappa shape index (κ2) is 60.1. The molecule has 0 spiro atoms. The molecule has 20 heteroatoms. The average Bonchev–Trinajstić information content (AvgIpc) is 3.27. The molecule has 0 saturated heterocycles. The predicted octanol–water partition coefficient (Wildman–Crippen LogP) is 13.3. The van der Waals surface area contributed by atoms with E-state index in [4.69, 9.17) is 0 Å². The van der Waals surface area contributed by atoms with Crippen molar-refractivity contribution < 1.29 is 138 Å². The molecule has 0 aliphatic heterocycles. The van der Waals surface area contributed by atoms with E-state index in [0.717, 1.165) is 154 Å². The summed E-state index contributed by atoms with van der Waals surface area (Å²) in [5, 5.41) is 0. The normalized spacial score (nSPS) is 11.6. The smallest absolute Gasteiger partial charge is 0.799 e. The zero-order valence-corrected chi connectivity index (χ0v) is 57.8. The van der Waals surface area contributed by atoms with Crippen molar-refractivity contribution in [3.63, 3.8) is 0 Å². The van der Waals surface area contributed by atoms with Crippen LogP contribution in [-0.4, -0.2) is 73.9 Å². The third-order valence-corrected chi connectivity index (χ3v) is 22.2. The van der Waals surface area contributed by atoms with E-state index in [2.05, 4.69) is 0 Å². The summed E-state index contributed by atoms with van der Waals surface area (Å²) in [6, 6.07) is 0. The monoisotopic (exact) mass is 1350 g/mol. The van der Waals surface area contributed by atoms with Gasteiger partial charge in [-0.15, -0.1) is 0 Å². The molecule has 0 unspecified atom stereocenters.